The molecule has 1 amide bonds. The van der Waals surface area contributed by atoms with Gasteiger partial charge in [0.25, 0.3) is 0 Å². The van der Waals surface area contributed by atoms with Crippen molar-refractivity contribution in [1.29, 1.82) is 0 Å². The van der Waals surface area contributed by atoms with Gasteiger partial charge in [-0.25, -0.2) is 9.18 Å². The first-order valence-corrected chi connectivity index (χ1v) is 7.00. The standard InChI is InChI=1S/C17H13ClFNO3/c1-23-17(22)12-8-5-11(6-9-12)7-10-15(21)20-14-4-2-3-13(18)16(14)19/h2-10H,1H3,(H,20,21)/b10-7+. The number of anilines is 1. The zero-order valence-electron chi connectivity index (χ0n) is 12.2. The Bertz CT molecular complexity index is 757. The molecule has 0 aliphatic rings. The molecule has 4 nitrogen and oxygen atoms in total. The van der Waals surface area contributed by atoms with E-state index in [2.05, 4.69) is 10.1 Å². The SMILES string of the molecule is COC(=O)c1ccc(/C=C/C(=O)Nc2cccc(Cl)c2F)cc1. The number of amides is 1. The zero-order chi connectivity index (χ0) is 16.8. The monoisotopic (exact) mass is 333 g/mol. The van der Waals surface area contributed by atoms with Gasteiger partial charge >= 0.3 is 5.97 Å². The van der Waals surface area contributed by atoms with Gasteiger partial charge in [-0.3, -0.25) is 4.79 Å². The maximum Gasteiger partial charge on any atom is 0.337 e. The van der Waals surface area contributed by atoms with Crippen LogP contribution in [-0.2, 0) is 9.53 Å². The topological polar surface area (TPSA) is 55.4 Å². The fraction of sp³-hybridized carbons (Fsp3) is 0.0588. The van der Waals surface area contributed by atoms with Crippen molar-refractivity contribution in [2.45, 2.75) is 0 Å². The summed E-state index contributed by atoms with van der Waals surface area (Å²) in [6, 6.07) is 10.8. The first-order valence-electron chi connectivity index (χ1n) is 6.62. The molecule has 0 aromatic heterocycles. The Morgan fingerprint density at radius 3 is 2.52 bits per heavy atom. The Hall–Kier alpha value is -2.66. The van der Waals surface area contributed by atoms with E-state index in [1.54, 1.807) is 30.3 Å². The van der Waals surface area contributed by atoms with E-state index in [9.17, 15) is 14.0 Å². The van der Waals surface area contributed by atoms with Crippen LogP contribution in [0.2, 0.25) is 5.02 Å². The molecule has 0 atom stereocenters. The number of esters is 1. The molecule has 0 heterocycles. The minimum atomic E-state index is -0.682. The lowest BCUT2D eigenvalue weighted by molar-refractivity contribution is -0.111. The largest absolute Gasteiger partial charge is 0.465 e. The number of carbonyl (C=O) groups is 2. The van der Waals surface area contributed by atoms with Crippen molar-refractivity contribution in [2.75, 3.05) is 12.4 Å². The summed E-state index contributed by atoms with van der Waals surface area (Å²) >= 11 is 5.64. The van der Waals surface area contributed by atoms with Gasteiger partial charge in [-0.05, 0) is 35.9 Å². The predicted octanol–water partition coefficient (Wildman–Crippen LogP) is 3.92. The van der Waals surface area contributed by atoms with E-state index in [4.69, 9.17) is 11.6 Å². The van der Waals surface area contributed by atoms with Gasteiger partial charge < -0.3 is 10.1 Å². The van der Waals surface area contributed by atoms with Crippen molar-refractivity contribution in [2.24, 2.45) is 0 Å². The van der Waals surface area contributed by atoms with E-state index in [-0.39, 0.29) is 10.7 Å². The highest BCUT2D eigenvalue weighted by atomic mass is 35.5. The van der Waals surface area contributed by atoms with Crippen LogP contribution in [0.1, 0.15) is 15.9 Å². The van der Waals surface area contributed by atoms with E-state index in [0.717, 1.165) is 0 Å². The molecule has 2 aromatic rings. The second-order valence-electron chi connectivity index (χ2n) is 4.54. The molecule has 0 fully saturated rings. The number of halogens is 2. The normalized spacial score (nSPS) is 10.6. The van der Waals surface area contributed by atoms with Crippen molar-refractivity contribution in [3.63, 3.8) is 0 Å². The van der Waals surface area contributed by atoms with E-state index in [1.165, 1.54) is 31.4 Å². The summed E-state index contributed by atoms with van der Waals surface area (Å²) in [7, 11) is 1.30. The summed E-state index contributed by atoms with van der Waals surface area (Å²) in [5.74, 6) is -1.61. The second-order valence-corrected chi connectivity index (χ2v) is 4.94. The Labute approximate surface area is 137 Å². The summed E-state index contributed by atoms with van der Waals surface area (Å²) in [6.07, 6.45) is 2.80. The molecule has 23 heavy (non-hydrogen) atoms. The van der Waals surface area contributed by atoms with Crippen LogP contribution in [0.25, 0.3) is 6.08 Å². The molecule has 0 aliphatic carbocycles. The molecule has 0 saturated carbocycles. The van der Waals surface area contributed by atoms with Crippen LogP contribution in [-0.4, -0.2) is 19.0 Å². The summed E-state index contributed by atoms with van der Waals surface area (Å²) in [4.78, 5) is 23.1. The maximum absolute atomic E-state index is 13.7. The first kappa shape index (κ1) is 16.7. The van der Waals surface area contributed by atoms with Crippen LogP contribution in [0.5, 0.6) is 0 Å². The smallest absolute Gasteiger partial charge is 0.337 e. The molecular formula is C17H13ClFNO3. The van der Waals surface area contributed by atoms with Crippen LogP contribution in [0.3, 0.4) is 0 Å². The highest BCUT2D eigenvalue weighted by molar-refractivity contribution is 6.31. The van der Waals surface area contributed by atoms with Gasteiger partial charge in [0.05, 0.1) is 23.4 Å². The van der Waals surface area contributed by atoms with Crippen LogP contribution < -0.4 is 5.32 Å². The molecule has 0 bridgehead atoms. The van der Waals surface area contributed by atoms with Gasteiger partial charge in [-0.1, -0.05) is 29.8 Å². The minimum Gasteiger partial charge on any atom is -0.465 e. The molecule has 2 aromatic carbocycles. The average Bonchev–Trinajstić information content (AvgIpc) is 2.57. The number of nitrogens with one attached hydrogen (secondary N) is 1. The third-order valence-electron chi connectivity index (χ3n) is 2.97. The molecule has 0 spiro atoms. The summed E-state index contributed by atoms with van der Waals surface area (Å²) < 4.78 is 18.3. The first-order chi connectivity index (χ1) is 11.0. The summed E-state index contributed by atoms with van der Waals surface area (Å²) in [5, 5.41) is 2.34. The summed E-state index contributed by atoms with van der Waals surface area (Å²) in [6.45, 7) is 0. The van der Waals surface area contributed by atoms with Gasteiger partial charge in [0.1, 0.15) is 0 Å². The number of hydrogen-bond donors (Lipinski definition) is 1. The third kappa shape index (κ3) is 4.40. The molecule has 2 rings (SSSR count). The maximum atomic E-state index is 13.7. The second kappa shape index (κ2) is 7.56. The Balaban J connectivity index is 2.03. The third-order valence-corrected chi connectivity index (χ3v) is 3.26. The fourth-order valence-electron chi connectivity index (χ4n) is 1.79. The van der Waals surface area contributed by atoms with Crippen molar-refractivity contribution >= 4 is 35.2 Å². The quantitative estimate of drug-likeness (QED) is 0.681. The van der Waals surface area contributed by atoms with E-state index < -0.39 is 17.7 Å². The van der Waals surface area contributed by atoms with Crippen LogP contribution >= 0.6 is 11.6 Å². The highest BCUT2D eigenvalue weighted by Crippen LogP contribution is 2.21. The van der Waals surface area contributed by atoms with Crippen LogP contribution in [0, 0.1) is 5.82 Å². The minimum absolute atomic E-state index is 0.00758. The van der Waals surface area contributed by atoms with Crippen molar-refractivity contribution in [3.8, 4) is 0 Å². The Kier molecular flexibility index (Phi) is 5.49. The number of carbonyl (C=O) groups excluding carboxylic acids is 2. The lowest BCUT2D eigenvalue weighted by Gasteiger charge is -2.04. The molecular weight excluding hydrogens is 321 g/mol. The van der Waals surface area contributed by atoms with Gasteiger partial charge in [-0.2, -0.15) is 0 Å². The predicted molar refractivity (Wildman–Crippen MR) is 86.9 cm³/mol. The summed E-state index contributed by atoms with van der Waals surface area (Å²) in [5.41, 5.74) is 1.13. The average molecular weight is 334 g/mol. The van der Waals surface area contributed by atoms with Gasteiger partial charge in [-0.15, -0.1) is 0 Å². The zero-order valence-corrected chi connectivity index (χ0v) is 12.9. The molecule has 0 aliphatic heterocycles. The fourth-order valence-corrected chi connectivity index (χ4v) is 1.97. The molecule has 118 valence electrons. The molecule has 0 unspecified atom stereocenters. The Morgan fingerprint density at radius 1 is 1.17 bits per heavy atom. The lowest BCUT2D eigenvalue weighted by Crippen LogP contribution is -2.09. The van der Waals surface area contributed by atoms with E-state index in [0.29, 0.717) is 11.1 Å². The van der Waals surface area contributed by atoms with E-state index in [1.807, 2.05) is 0 Å². The highest BCUT2D eigenvalue weighted by Gasteiger charge is 2.08. The molecule has 1 N–H and O–H groups in total. The van der Waals surface area contributed by atoms with Gasteiger partial charge in [0.15, 0.2) is 5.82 Å². The van der Waals surface area contributed by atoms with Crippen LogP contribution in [0.4, 0.5) is 10.1 Å². The molecule has 0 radical (unpaired) electrons. The molecule has 6 heteroatoms. The van der Waals surface area contributed by atoms with Crippen LogP contribution in [0.15, 0.2) is 48.5 Å². The number of methoxy groups -OCH3 is 1. The van der Waals surface area contributed by atoms with Crippen molar-refractivity contribution < 1.29 is 18.7 Å². The number of hydrogen-bond acceptors (Lipinski definition) is 3. The number of ether oxygens (including phenoxy) is 1. The molecule has 0 saturated heterocycles. The van der Waals surface area contributed by atoms with Gasteiger partial charge in [0, 0.05) is 6.08 Å². The van der Waals surface area contributed by atoms with Crippen molar-refractivity contribution in [3.05, 3.63) is 70.5 Å². The number of benzene rings is 2. The van der Waals surface area contributed by atoms with E-state index >= 15 is 0 Å². The lowest BCUT2D eigenvalue weighted by atomic mass is 10.1. The van der Waals surface area contributed by atoms with Gasteiger partial charge in [0.2, 0.25) is 5.91 Å². The van der Waals surface area contributed by atoms with Crippen molar-refractivity contribution in [1.82, 2.24) is 0 Å². The Morgan fingerprint density at radius 2 is 1.87 bits per heavy atom. The number of rotatable bonds is 4.